The lowest BCUT2D eigenvalue weighted by molar-refractivity contribution is 0.138. The molecular formula is C17H23BrN4O2S3. The molecule has 1 saturated heterocycles. The molecule has 0 unspecified atom stereocenters. The van der Waals surface area contributed by atoms with Crippen molar-refractivity contribution >= 4 is 60.1 Å². The van der Waals surface area contributed by atoms with Crippen LogP contribution in [0.2, 0.25) is 0 Å². The molecule has 1 aliphatic rings. The Morgan fingerprint density at radius 1 is 1.48 bits per heavy atom. The highest BCUT2D eigenvalue weighted by atomic mass is 79.9. The van der Waals surface area contributed by atoms with E-state index in [9.17, 15) is 8.42 Å². The molecule has 0 bridgehead atoms. The van der Waals surface area contributed by atoms with Crippen LogP contribution in [0.25, 0.3) is 0 Å². The number of benzene rings is 1. The number of aromatic nitrogens is 2. The van der Waals surface area contributed by atoms with Gasteiger partial charge in [0.05, 0.1) is 18.2 Å². The minimum Gasteiger partial charge on any atom is -0.330 e. The molecule has 1 fully saturated rings. The van der Waals surface area contributed by atoms with Crippen molar-refractivity contribution in [3.05, 3.63) is 32.7 Å². The predicted molar refractivity (Wildman–Crippen MR) is 117 cm³/mol. The lowest BCUT2D eigenvalue weighted by atomic mass is 10.1. The van der Waals surface area contributed by atoms with Crippen LogP contribution in [0.3, 0.4) is 0 Å². The van der Waals surface area contributed by atoms with Crippen molar-refractivity contribution in [1.29, 1.82) is 0 Å². The Hall–Kier alpha value is -0.810. The quantitative estimate of drug-likeness (QED) is 0.584. The molecule has 0 aliphatic carbocycles. The van der Waals surface area contributed by atoms with Gasteiger partial charge in [0.1, 0.15) is 0 Å². The van der Waals surface area contributed by atoms with Crippen LogP contribution < -0.4 is 5.32 Å². The van der Waals surface area contributed by atoms with Gasteiger partial charge in [0.15, 0.2) is 13.8 Å². The van der Waals surface area contributed by atoms with E-state index in [1.165, 1.54) is 11.3 Å². The summed E-state index contributed by atoms with van der Waals surface area (Å²) in [4.78, 5) is 2.20. The van der Waals surface area contributed by atoms with E-state index in [0.717, 1.165) is 21.8 Å². The molecule has 6 nitrogen and oxygen atoms in total. The lowest BCUT2D eigenvalue weighted by Gasteiger charge is -2.29. The topological polar surface area (TPSA) is 67.2 Å². The Labute approximate surface area is 177 Å². The van der Waals surface area contributed by atoms with Gasteiger partial charge in [-0.25, -0.2) is 13.1 Å². The Kier molecular flexibility index (Phi) is 6.73. The molecule has 27 heavy (non-hydrogen) atoms. The van der Waals surface area contributed by atoms with Crippen LogP contribution in [-0.4, -0.2) is 47.2 Å². The van der Waals surface area contributed by atoms with Crippen molar-refractivity contribution in [3.8, 4) is 0 Å². The first-order valence-electron chi connectivity index (χ1n) is 8.77. The third kappa shape index (κ3) is 5.83. The maximum absolute atomic E-state index is 11.9. The number of hydrogen-bond acceptors (Lipinski definition) is 7. The largest absolute Gasteiger partial charge is 0.330 e. The zero-order valence-corrected chi connectivity index (χ0v) is 19.3. The molecule has 0 saturated carbocycles. The summed E-state index contributed by atoms with van der Waals surface area (Å²) in [6, 6.07) is 7.89. The summed E-state index contributed by atoms with van der Waals surface area (Å²) in [6.07, 6.45) is 0.676. The highest BCUT2D eigenvalue weighted by molar-refractivity contribution is 9.10. The summed E-state index contributed by atoms with van der Waals surface area (Å²) in [5.74, 6) is 0.922. The van der Waals surface area contributed by atoms with Crippen molar-refractivity contribution < 1.29 is 8.42 Å². The van der Waals surface area contributed by atoms with Crippen molar-refractivity contribution in [3.63, 3.8) is 0 Å². The SMILES string of the molecule is CC(C)CN(Cn1nc(Nc2cccc(Br)c2)sc1=S)[C@H]1CCS(=O)(=O)C1. The van der Waals surface area contributed by atoms with Gasteiger partial charge >= 0.3 is 0 Å². The molecule has 0 spiro atoms. The highest BCUT2D eigenvalue weighted by Crippen LogP contribution is 2.24. The first kappa shape index (κ1) is 20.9. The molecule has 0 radical (unpaired) electrons. The fraction of sp³-hybridized carbons (Fsp3) is 0.529. The first-order chi connectivity index (χ1) is 12.7. The predicted octanol–water partition coefficient (Wildman–Crippen LogP) is 4.28. The molecule has 148 valence electrons. The molecule has 1 atom stereocenters. The normalized spacial score (nSPS) is 19.1. The van der Waals surface area contributed by atoms with Crippen molar-refractivity contribution in [2.45, 2.75) is 33.0 Å². The second-order valence-electron chi connectivity index (χ2n) is 7.17. The number of nitrogens with one attached hydrogen (secondary N) is 1. The van der Waals surface area contributed by atoms with Gasteiger partial charge < -0.3 is 5.32 Å². The maximum atomic E-state index is 11.9. The Balaban J connectivity index is 1.76. The molecule has 1 N–H and O–H groups in total. The number of anilines is 2. The lowest BCUT2D eigenvalue weighted by Crippen LogP contribution is -2.40. The summed E-state index contributed by atoms with van der Waals surface area (Å²) >= 11 is 10.4. The van der Waals surface area contributed by atoms with Crippen LogP contribution >= 0.6 is 39.5 Å². The van der Waals surface area contributed by atoms with E-state index < -0.39 is 9.84 Å². The molecule has 2 aromatic rings. The summed E-state index contributed by atoms with van der Waals surface area (Å²) < 4.78 is 27.2. The van der Waals surface area contributed by atoms with Crippen molar-refractivity contribution in [2.75, 3.05) is 23.4 Å². The van der Waals surface area contributed by atoms with Crippen LogP contribution in [0.15, 0.2) is 28.7 Å². The molecule has 1 aromatic heterocycles. The van der Waals surface area contributed by atoms with Crippen LogP contribution in [0.1, 0.15) is 20.3 Å². The molecule has 2 heterocycles. The van der Waals surface area contributed by atoms with Crippen LogP contribution in [0, 0.1) is 9.87 Å². The Bertz CT molecular complexity index is 955. The standard InChI is InChI=1S/C17H23BrN4O2S3/c1-12(2)9-21(15-6-7-27(23,24)10-15)11-22-17(25)26-16(20-22)19-14-5-3-4-13(18)8-14/h3-5,8,12,15H,6-7,9-11H2,1-2H3,(H,19,20)/t15-/m0/s1. The third-order valence-corrected chi connectivity index (χ3v) is 7.79. The van der Waals surface area contributed by atoms with Crippen LogP contribution in [-0.2, 0) is 16.5 Å². The molecule has 3 rings (SSSR count). The minimum absolute atomic E-state index is 0.0301. The van der Waals surface area contributed by atoms with Gasteiger partial charge in [-0.2, -0.15) is 0 Å². The highest BCUT2D eigenvalue weighted by Gasteiger charge is 2.32. The van der Waals surface area contributed by atoms with Crippen LogP contribution in [0.5, 0.6) is 0 Å². The van der Waals surface area contributed by atoms with E-state index in [2.05, 4.69) is 45.1 Å². The van der Waals surface area contributed by atoms with E-state index in [1.54, 1.807) is 4.68 Å². The second-order valence-corrected chi connectivity index (χ2v) is 11.9. The number of rotatable bonds is 7. The minimum atomic E-state index is -2.93. The van der Waals surface area contributed by atoms with Gasteiger partial charge in [-0.15, -0.1) is 5.10 Å². The van der Waals surface area contributed by atoms with Gasteiger partial charge in [-0.1, -0.05) is 47.2 Å². The molecule has 0 amide bonds. The summed E-state index contributed by atoms with van der Waals surface area (Å²) in [6.45, 7) is 5.59. The summed E-state index contributed by atoms with van der Waals surface area (Å²) in [5.41, 5.74) is 0.932. The third-order valence-electron chi connectivity index (χ3n) is 4.32. The van der Waals surface area contributed by atoms with E-state index in [4.69, 9.17) is 12.2 Å². The zero-order valence-electron chi connectivity index (χ0n) is 15.3. The van der Waals surface area contributed by atoms with Crippen molar-refractivity contribution in [2.24, 2.45) is 5.92 Å². The van der Waals surface area contributed by atoms with Gasteiger partial charge in [-0.3, -0.25) is 4.90 Å². The van der Waals surface area contributed by atoms with E-state index >= 15 is 0 Å². The first-order valence-corrected chi connectivity index (χ1v) is 12.6. The monoisotopic (exact) mass is 490 g/mol. The van der Waals surface area contributed by atoms with Gasteiger partial charge in [0, 0.05) is 22.7 Å². The van der Waals surface area contributed by atoms with Crippen LogP contribution in [0.4, 0.5) is 10.8 Å². The molecular weight excluding hydrogens is 468 g/mol. The number of hydrogen-bond donors (Lipinski definition) is 1. The fourth-order valence-corrected chi connectivity index (χ4v) is 6.34. The number of sulfone groups is 1. The maximum Gasteiger partial charge on any atom is 0.209 e. The van der Waals surface area contributed by atoms with E-state index in [1.807, 2.05) is 24.3 Å². The Morgan fingerprint density at radius 2 is 2.26 bits per heavy atom. The zero-order chi connectivity index (χ0) is 19.6. The smallest absolute Gasteiger partial charge is 0.209 e. The molecule has 1 aliphatic heterocycles. The van der Waals surface area contributed by atoms with Gasteiger partial charge in [-0.05, 0) is 42.8 Å². The average Bonchev–Trinajstić information content (AvgIpc) is 3.08. The number of halogens is 1. The fourth-order valence-electron chi connectivity index (χ4n) is 3.16. The van der Waals surface area contributed by atoms with Gasteiger partial charge in [0.25, 0.3) is 0 Å². The second kappa shape index (κ2) is 8.69. The van der Waals surface area contributed by atoms with Crippen molar-refractivity contribution in [1.82, 2.24) is 14.7 Å². The summed E-state index contributed by atoms with van der Waals surface area (Å²) in [7, 11) is -2.93. The average molecular weight is 492 g/mol. The Morgan fingerprint density at radius 3 is 2.89 bits per heavy atom. The molecule has 10 heteroatoms. The van der Waals surface area contributed by atoms with E-state index in [0.29, 0.717) is 23.0 Å². The molecule has 1 aromatic carbocycles. The van der Waals surface area contributed by atoms with E-state index in [-0.39, 0.29) is 17.5 Å². The summed E-state index contributed by atoms with van der Waals surface area (Å²) in [5, 5.41) is 8.60. The van der Waals surface area contributed by atoms with Gasteiger partial charge in [0.2, 0.25) is 5.13 Å². The number of nitrogens with zero attached hydrogens (tertiary/aromatic N) is 3.